The van der Waals surface area contributed by atoms with Crippen molar-refractivity contribution in [2.45, 2.75) is 6.61 Å². The summed E-state index contributed by atoms with van der Waals surface area (Å²) in [6.45, 7) is -0.437. The zero-order valence-corrected chi connectivity index (χ0v) is 7.93. The topological polar surface area (TPSA) is 78.5 Å². The smallest absolute Gasteiger partial charge is 0.407 e. The molecule has 0 saturated carbocycles. The third kappa shape index (κ3) is 4.66. The third-order valence-electron chi connectivity index (χ3n) is 1.59. The first kappa shape index (κ1) is 11.0. The number of carboxylic acid groups (broad SMARTS) is 1. The van der Waals surface area contributed by atoms with E-state index in [-0.39, 0.29) is 6.61 Å². The Morgan fingerprint density at radius 3 is 2.53 bits per heavy atom. The van der Waals surface area contributed by atoms with Gasteiger partial charge in [-0.05, 0) is 5.56 Å². The van der Waals surface area contributed by atoms with E-state index in [4.69, 9.17) is 4.74 Å². The molecule has 0 aliphatic carbocycles. The second kappa shape index (κ2) is 5.64. The standard InChI is InChI=1S/C10H11NO4/c12-9(13)6-11-10(14)15-7-8-4-2-1-3-5-8/h1-5H,6-7H2,(H,11,14)(H,12,13)/p-1. The van der Waals surface area contributed by atoms with Crippen LogP contribution >= 0.6 is 0 Å². The summed E-state index contributed by atoms with van der Waals surface area (Å²) < 4.78 is 4.74. The summed E-state index contributed by atoms with van der Waals surface area (Å²) in [4.78, 5) is 20.9. The van der Waals surface area contributed by atoms with Crippen LogP contribution in [0.3, 0.4) is 0 Å². The van der Waals surface area contributed by atoms with Crippen LogP contribution in [0.2, 0.25) is 0 Å². The minimum Gasteiger partial charge on any atom is -0.548 e. The van der Waals surface area contributed by atoms with Crippen molar-refractivity contribution in [3.05, 3.63) is 35.9 Å². The molecule has 0 spiro atoms. The number of carbonyl (C=O) groups is 2. The Balaban J connectivity index is 2.26. The molecule has 5 heteroatoms. The van der Waals surface area contributed by atoms with Crippen molar-refractivity contribution < 1.29 is 19.4 Å². The van der Waals surface area contributed by atoms with Crippen LogP contribution in [0, 0.1) is 0 Å². The zero-order chi connectivity index (χ0) is 11.1. The van der Waals surface area contributed by atoms with Crippen molar-refractivity contribution in [1.29, 1.82) is 0 Å². The molecule has 1 aromatic rings. The largest absolute Gasteiger partial charge is 0.548 e. The van der Waals surface area contributed by atoms with E-state index < -0.39 is 18.6 Å². The predicted molar refractivity (Wildman–Crippen MR) is 49.6 cm³/mol. The summed E-state index contributed by atoms with van der Waals surface area (Å²) in [6.07, 6.45) is -0.775. The van der Waals surface area contributed by atoms with Gasteiger partial charge in [0.05, 0.1) is 12.5 Å². The maximum Gasteiger partial charge on any atom is 0.407 e. The van der Waals surface area contributed by atoms with Gasteiger partial charge in [-0.15, -0.1) is 0 Å². The van der Waals surface area contributed by atoms with Crippen molar-refractivity contribution in [2.75, 3.05) is 6.54 Å². The Bertz CT molecular complexity index is 337. The minimum absolute atomic E-state index is 0.111. The van der Waals surface area contributed by atoms with Crippen LogP contribution in [0.25, 0.3) is 0 Å². The van der Waals surface area contributed by atoms with Crippen LogP contribution in [0.4, 0.5) is 4.79 Å². The van der Waals surface area contributed by atoms with E-state index in [9.17, 15) is 14.7 Å². The van der Waals surface area contributed by atoms with Crippen LogP contribution in [0.1, 0.15) is 5.56 Å². The lowest BCUT2D eigenvalue weighted by Gasteiger charge is -2.07. The molecular formula is C10H10NO4-. The first-order valence-corrected chi connectivity index (χ1v) is 4.33. The first-order chi connectivity index (χ1) is 7.18. The number of ether oxygens (including phenoxy) is 1. The Kier molecular flexibility index (Phi) is 4.15. The van der Waals surface area contributed by atoms with E-state index in [0.717, 1.165) is 5.56 Å². The van der Waals surface area contributed by atoms with Crippen LogP contribution in [-0.2, 0) is 16.1 Å². The summed E-state index contributed by atoms with van der Waals surface area (Å²) in [6, 6.07) is 9.08. The van der Waals surface area contributed by atoms with Crippen molar-refractivity contribution in [3.8, 4) is 0 Å². The summed E-state index contributed by atoms with van der Waals surface area (Å²) in [5.41, 5.74) is 0.834. The fourth-order valence-corrected chi connectivity index (χ4v) is 0.918. The molecule has 0 bridgehead atoms. The molecule has 1 N–H and O–H groups in total. The number of amides is 1. The van der Waals surface area contributed by atoms with Crippen molar-refractivity contribution in [2.24, 2.45) is 0 Å². The Morgan fingerprint density at radius 1 is 1.27 bits per heavy atom. The van der Waals surface area contributed by atoms with Crippen molar-refractivity contribution in [3.63, 3.8) is 0 Å². The number of aliphatic carboxylic acids is 1. The number of benzene rings is 1. The normalized spacial score (nSPS) is 9.33. The average molecular weight is 208 g/mol. The molecule has 1 aromatic carbocycles. The predicted octanol–water partition coefficient (Wildman–Crippen LogP) is -0.337. The van der Waals surface area contributed by atoms with Crippen molar-refractivity contribution in [1.82, 2.24) is 5.32 Å². The average Bonchev–Trinajstić information content (AvgIpc) is 2.25. The van der Waals surface area contributed by atoms with Crippen LogP contribution < -0.4 is 10.4 Å². The van der Waals surface area contributed by atoms with Gasteiger partial charge in [-0.25, -0.2) is 4.79 Å². The molecule has 0 aliphatic rings. The second-order valence-corrected chi connectivity index (χ2v) is 2.79. The molecule has 5 nitrogen and oxygen atoms in total. The monoisotopic (exact) mass is 208 g/mol. The fraction of sp³-hybridized carbons (Fsp3) is 0.200. The Labute approximate surface area is 86.7 Å². The van der Waals surface area contributed by atoms with E-state index in [2.05, 4.69) is 0 Å². The zero-order valence-electron chi connectivity index (χ0n) is 7.93. The number of carbonyl (C=O) groups excluding carboxylic acids is 2. The van der Waals surface area contributed by atoms with Gasteiger partial charge in [0.25, 0.3) is 0 Å². The number of rotatable bonds is 4. The van der Waals surface area contributed by atoms with Gasteiger partial charge in [0.1, 0.15) is 6.61 Å². The molecule has 80 valence electrons. The van der Waals surface area contributed by atoms with E-state index in [1.165, 1.54) is 0 Å². The SMILES string of the molecule is O=C([O-])CNC(=O)OCc1ccccc1. The van der Waals surface area contributed by atoms with Crippen LogP contribution in [-0.4, -0.2) is 18.6 Å². The highest BCUT2D eigenvalue weighted by atomic mass is 16.5. The van der Waals surface area contributed by atoms with Gasteiger partial charge < -0.3 is 20.0 Å². The maximum atomic E-state index is 10.9. The van der Waals surface area contributed by atoms with E-state index in [1.807, 2.05) is 23.5 Å². The summed E-state index contributed by atoms with van der Waals surface area (Å²) in [5, 5.41) is 12.0. The number of carboxylic acids is 1. The lowest BCUT2D eigenvalue weighted by Crippen LogP contribution is -2.37. The van der Waals surface area contributed by atoms with Gasteiger partial charge in [-0.3, -0.25) is 0 Å². The van der Waals surface area contributed by atoms with Gasteiger partial charge in [-0.2, -0.15) is 0 Å². The Morgan fingerprint density at radius 2 is 1.93 bits per heavy atom. The van der Waals surface area contributed by atoms with Gasteiger partial charge in [-0.1, -0.05) is 30.3 Å². The summed E-state index contributed by atoms with van der Waals surface area (Å²) in [5.74, 6) is -1.35. The summed E-state index contributed by atoms with van der Waals surface area (Å²) >= 11 is 0. The van der Waals surface area contributed by atoms with Crippen LogP contribution in [0.5, 0.6) is 0 Å². The molecule has 1 amide bonds. The maximum absolute atomic E-state index is 10.9. The number of hydrogen-bond acceptors (Lipinski definition) is 4. The quantitative estimate of drug-likeness (QED) is 0.734. The highest BCUT2D eigenvalue weighted by Gasteiger charge is 2.00. The van der Waals surface area contributed by atoms with Crippen molar-refractivity contribution >= 4 is 12.1 Å². The molecule has 0 aromatic heterocycles. The lowest BCUT2D eigenvalue weighted by atomic mass is 10.2. The number of hydrogen-bond donors (Lipinski definition) is 1. The van der Waals surface area contributed by atoms with Gasteiger partial charge in [0.15, 0.2) is 0 Å². The molecule has 1 rings (SSSR count). The highest BCUT2D eigenvalue weighted by molar-refractivity contribution is 5.75. The van der Waals surface area contributed by atoms with E-state index in [0.29, 0.717) is 0 Å². The molecule has 0 aliphatic heterocycles. The molecule has 0 unspecified atom stereocenters. The third-order valence-corrected chi connectivity index (χ3v) is 1.59. The highest BCUT2D eigenvalue weighted by Crippen LogP contribution is 2.00. The minimum atomic E-state index is -1.35. The fourth-order valence-electron chi connectivity index (χ4n) is 0.918. The van der Waals surface area contributed by atoms with Gasteiger partial charge in [0, 0.05) is 0 Å². The van der Waals surface area contributed by atoms with Gasteiger partial charge in [0.2, 0.25) is 0 Å². The second-order valence-electron chi connectivity index (χ2n) is 2.79. The summed E-state index contributed by atoms with van der Waals surface area (Å²) in [7, 11) is 0. The molecule has 0 radical (unpaired) electrons. The van der Waals surface area contributed by atoms with Gasteiger partial charge >= 0.3 is 6.09 Å². The molecule has 0 heterocycles. The first-order valence-electron chi connectivity index (χ1n) is 4.33. The Hall–Kier alpha value is -2.04. The number of nitrogens with one attached hydrogen (secondary N) is 1. The van der Waals surface area contributed by atoms with Crippen LogP contribution in [0.15, 0.2) is 30.3 Å². The number of alkyl carbamates (subject to hydrolysis) is 1. The van der Waals surface area contributed by atoms with E-state index >= 15 is 0 Å². The molecular weight excluding hydrogens is 198 g/mol. The lowest BCUT2D eigenvalue weighted by molar-refractivity contribution is -0.303. The molecule has 15 heavy (non-hydrogen) atoms. The molecule has 0 fully saturated rings. The molecule has 0 saturated heterocycles. The van der Waals surface area contributed by atoms with E-state index in [1.54, 1.807) is 12.1 Å². The molecule has 0 atom stereocenters.